The number of benzene rings is 1. The highest BCUT2D eigenvalue weighted by atomic mass is 79.9. The Morgan fingerprint density at radius 1 is 1.33 bits per heavy atom. The molecule has 1 atom stereocenters. The van der Waals surface area contributed by atoms with Crippen LogP contribution in [0.3, 0.4) is 0 Å². The Bertz CT molecular complexity index is 493. The maximum absolute atomic E-state index is 3.59. The van der Waals surface area contributed by atoms with Gasteiger partial charge in [0.1, 0.15) is 0 Å². The number of hydrogen-bond donors (Lipinski definition) is 1. The molecule has 1 N–H and O–H groups in total. The molecule has 2 rings (SSSR count). The molecule has 1 nitrogen and oxygen atoms in total. The molecule has 0 spiro atoms. The van der Waals surface area contributed by atoms with E-state index < -0.39 is 0 Å². The average Bonchev–Trinajstić information content (AvgIpc) is 2.81. The molecule has 1 heterocycles. The number of rotatable bonds is 5. The van der Waals surface area contributed by atoms with Gasteiger partial charge in [-0.2, -0.15) is 11.3 Å². The lowest BCUT2D eigenvalue weighted by molar-refractivity contribution is 0.548. The quantitative estimate of drug-likeness (QED) is 0.840. The van der Waals surface area contributed by atoms with E-state index >= 15 is 0 Å². The molecule has 0 aliphatic carbocycles. The van der Waals surface area contributed by atoms with E-state index in [1.54, 1.807) is 11.3 Å². The predicted octanol–water partition coefficient (Wildman–Crippen LogP) is 4.71. The third kappa shape index (κ3) is 3.44. The van der Waals surface area contributed by atoms with Crippen LogP contribution in [0.1, 0.15) is 29.7 Å². The molecule has 3 heteroatoms. The number of halogens is 1. The van der Waals surface area contributed by atoms with Crippen molar-refractivity contribution in [2.24, 2.45) is 0 Å². The van der Waals surface area contributed by atoms with Crippen LogP contribution in [0.2, 0.25) is 0 Å². The van der Waals surface area contributed by atoms with E-state index in [-0.39, 0.29) is 0 Å². The second-order valence-corrected chi connectivity index (χ2v) is 6.14. The standard InChI is InChI=1S/C15H18BrNS/c1-3-17-15(9-12-6-7-18-10-12)14-5-4-13(16)8-11(14)2/h4-8,10,15,17H,3,9H2,1-2H3. The van der Waals surface area contributed by atoms with Gasteiger partial charge in [0.15, 0.2) is 0 Å². The summed E-state index contributed by atoms with van der Waals surface area (Å²) in [6.07, 6.45) is 1.06. The van der Waals surface area contributed by atoms with Gasteiger partial charge in [0.2, 0.25) is 0 Å². The number of hydrogen-bond acceptors (Lipinski definition) is 2. The fraction of sp³-hybridized carbons (Fsp3) is 0.333. The minimum Gasteiger partial charge on any atom is -0.310 e. The lowest BCUT2D eigenvalue weighted by Gasteiger charge is -2.20. The van der Waals surface area contributed by atoms with Crippen LogP contribution in [0, 0.1) is 6.92 Å². The molecule has 0 saturated carbocycles. The molecular weight excluding hydrogens is 306 g/mol. The highest BCUT2D eigenvalue weighted by Crippen LogP contribution is 2.25. The van der Waals surface area contributed by atoms with Gasteiger partial charge in [-0.3, -0.25) is 0 Å². The molecule has 2 aromatic rings. The molecule has 0 aliphatic rings. The molecule has 96 valence electrons. The van der Waals surface area contributed by atoms with Crippen LogP contribution in [0.4, 0.5) is 0 Å². The maximum Gasteiger partial charge on any atom is 0.0363 e. The van der Waals surface area contributed by atoms with Crippen molar-refractivity contribution in [1.29, 1.82) is 0 Å². The van der Waals surface area contributed by atoms with Gasteiger partial charge in [0.05, 0.1) is 0 Å². The largest absolute Gasteiger partial charge is 0.310 e. The van der Waals surface area contributed by atoms with E-state index in [1.807, 2.05) is 0 Å². The van der Waals surface area contributed by atoms with E-state index in [1.165, 1.54) is 16.7 Å². The summed E-state index contributed by atoms with van der Waals surface area (Å²) in [6.45, 7) is 5.33. The van der Waals surface area contributed by atoms with Crippen LogP contribution < -0.4 is 5.32 Å². The molecule has 0 aliphatic heterocycles. The molecule has 1 unspecified atom stereocenters. The zero-order valence-corrected chi connectivity index (χ0v) is 13.1. The number of nitrogens with one attached hydrogen (secondary N) is 1. The van der Waals surface area contributed by atoms with Crippen LogP contribution in [0.15, 0.2) is 39.5 Å². The topological polar surface area (TPSA) is 12.0 Å². The summed E-state index contributed by atoms with van der Waals surface area (Å²) in [7, 11) is 0. The normalized spacial score (nSPS) is 12.6. The fourth-order valence-corrected chi connectivity index (χ4v) is 3.37. The Labute approximate surface area is 121 Å². The SMILES string of the molecule is CCNC(Cc1ccsc1)c1ccc(Br)cc1C. The third-order valence-electron chi connectivity index (χ3n) is 3.08. The van der Waals surface area contributed by atoms with Gasteiger partial charge in [-0.25, -0.2) is 0 Å². The van der Waals surface area contributed by atoms with Gasteiger partial charge in [-0.15, -0.1) is 0 Å². The maximum atomic E-state index is 3.59. The summed E-state index contributed by atoms with van der Waals surface area (Å²) in [5.41, 5.74) is 4.14. The van der Waals surface area contributed by atoms with Gasteiger partial charge in [0.25, 0.3) is 0 Å². The van der Waals surface area contributed by atoms with Gasteiger partial charge in [-0.05, 0) is 65.5 Å². The van der Waals surface area contributed by atoms with Gasteiger partial charge in [0, 0.05) is 10.5 Å². The Morgan fingerprint density at radius 2 is 2.17 bits per heavy atom. The summed E-state index contributed by atoms with van der Waals surface area (Å²) in [6, 6.07) is 9.15. The number of likely N-dealkylation sites (N-methyl/N-ethyl adjacent to an activating group) is 1. The highest BCUT2D eigenvalue weighted by molar-refractivity contribution is 9.10. The van der Waals surface area contributed by atoms with Crippen molar-refractivity contribution in [2.75, 3.05) is 6.54 Å². The Morgan fingerprint density at radius 3 is 2.78 bits per heavy atom. The molecule has 0 fully saturated rings. The zero-order chi connectivity index (χ0) is 13.0. The van der Waals surface area contributed by atoms with Gasteiger partial charge >= 0.3 is 0 Å². The smallest absolute Gasteiger partial charge is 0.0363 e. The molecule has 1 aromatic heterocycles. The first kappa shape index (κ1) is 13.8. The number of aryl methyl sites for hydroxylation is 1. The van der Waals surface area contributed by atoms with E-state index in [0.29, 0.717) is 6.04 Å². The van der Waals surface area contributed by atoms with Crippen molar-refractivity contribution in [2.45, 2.75) is 26.3 Å². The summed E-state index contributed by atoms with van der Waals surface area (Å²) in [5.74, 6) is 0. The summed E-state index contributed by atoms with van der Waals surface area (Å²) in [4.78, 5) is 0. The average molecular weight is 324 g/mol. The molecule has 0 radical (unpaired) electrons. The monoisotopic (exact) mass is 323 g/mol. The summed E-state index contributed by atoms with van der Waals surface area (Å²) < 4.78 is 1.15. The lowest BCUT2D eigenvalue weighted by atomic mass is 9.96. The van der Waals surface area contributed by atoms with Crippen molar-refractivity contribution in [3.8, 4) is 0 Å². The molecule has 18 heavy (non-hydrogen) atoms. The summed E-state index contributed by atoms with van der Waals surface area (Å²) >= 11 is 5.29. The Balaban J connectivity index is 2.23. The number of thiophene rings is 1. The van der Waals surface area contributed by atoms with Crippen molar-refractivity contribution >= 4 is 27.3 Å². The van der Waals surface area contributed by atoms with Crippen molar-refractivity contribution in [3.63, 3.8) is 0 Å². The van der Waals surface area contributed by atoms with Crippen molar-refractivity contribution < 1.29 is 0 Å². The minimum atomic E-state index is 0.401. The fourth-order valence-electron chi connectivity index (χ4n) is 2.21. The van der Waals surface area contributed by atoms with Gasteiger partial charge in [-0.1, -0.05) is 28.9 Å². The van der Waals surface area contributed by atoms with Crippen molar-refractivity contribution in [3.05, 3.63) is 56.2 Å². The second kappa shape index (κ2) is 6.50. The first-order chi connectivity index (χ1) is 8.70. The van der Waals surface area contributed by atoms with Crippen LogP contribution in [0.25, 0.3) is 0 Å². The van der Waals surface area contributed by atoms with E-state index in [4.69, 9.17) is 0 Å². The minimum absolute atomic E-state index is 0.401. The third-order valence-corrected chi connectivity index (χ3v) is 4.30. The summed E-state index contributed by atoms with van der Waals surface area (Å²) in [5, 5.41) is 7.97. The second-order valence-electron chi connectivity index (χ2n) is 4.45. The van der Waals surface area contributed by atoms with Crippen LogP contribution in [0.5, 0.6) is 0 Å². The van der Waals surface area contributed by atoms with Crippen LogP contribution in [-0.4, -0.2) is 6.54 Å². The van der Waals surface area contributed by atoms with Crippen molar-refractivity contribution in [1.82, 2.24) is 5.32 Å². The first-order valence-corrected chi connectivity index (χ1v) is 7.94. The van der Waals surface area contributed by atoms with Gasteiger partial charge < -0.3 is 5.32 Å². The molecular formula is C15H18BrNS. The molecule has 0 bridgehead atoms. The predicted molar refractivity (Wildman–Crippen MR) is 83.3 cm³/mol. The van der Waals surface area contributed by atoms with E-state index in [0.717, 1.165) is 17.4 Å². The van der Waals surface area contributed by atoms with Crippen LogP contribution in [-0.2, 0) is 6.42 Å². The Hall–Kier alpha value is -0.640. The zero-order valence-electron chi connectivity index (χ0n) is 10.7. The molecule has 0 amide bonds. The highest BCUT2D eigenvalue weighted by Gasteiger charge is 2.13. The lowest BCUT2D eigenvalue weighted by Crippen LogP contribution is -2.23. The molecule has 0 saturated heterocycles. The molecule has 1 aromatic carbocycles. The van der Waals surface area contributed by atoms with E-state index in [2.05, 4.69) is 70.1 Å². The van der Waals surface area contributed by atoms with E-state index in [9.17, 15) is 0 Å². The van der Waals surface area contributed by atoms with Crippen LogP contribution >= 0.6 is 27.3 Å². The first-order valence-electron chi connectivity index (χ1n) is 6.21. The Kier molecular flexibility index (Phi) is 4.98.